The van der Waals surface area contributed by atoms with Crippen LogP contribution in [0.15, 0.2) is 46.3 Å². The van der Waals surface area contributed by atoms with Crippen LogP contribution in [0.2, 0.25) is 0 Å². The SMILES string of the molecule is CC(C)(C)c1ccc(C(=O)NCC(=O)N2CCN(Cc3nc(-c4cccs4)no3)CC2)cc1. The normalized spacial score (nSPS) is 14.9. The van der Waals surface area contributed by atoms with Crippen molar-refractivity contribution in [3.8, 4) is 10.7 Å². The van der Waals surface area contributed by atoms with Gasteiger partial charge in [0.1, 0.15) is 0 Å². The van der Waals surface area contributed by atoms with Gasteiger partial charge < -0.3 is 14.7 Å². The molecule has 1 aromatic carbocycles. The third-order valence-corrected chi connectivity index (χ3v) is 6.57. The Kier molecular flexibility index (Phi) is 6.90. The second kappa shape index (κ2) is 9.84. The highest BCUT2D eigenvalue weighted by molar-refractivity contribution is 7.13. The molecule has 33 heavy (non-hydrogen) atoms. The van der Waals surface area contributed by atoms with Crippen molar-refractivity contribution in [2.24, 2.45) is 0 Å². The highest BCUT2D eigenvalue weighted by Gasteiger charge is 2.23. The predicted octanol–water partition coefficient (Wildman–Crippen LogP) is 3.17. The van der Waals surface area contributed by atoms with Gasteiger partial charge in [0.05, 0.1) is 18.0 Å². The molecule has 1 aliphatic heterocycles. The molecule has 3 aromatic rings. The van der Waals surface area contributed by atoms with Crippen LogP contribution in [-0.4, -0.2) is 64.5 Å². The number of hydrogen-bond acceptors (Lipinski definition) is 7. The summed E-state index contributed by atoms with van der Waals surface area (Å²) in [6.07, 6.45) is 0. The number of piperazine rings is 1. The van der Waals surface area contributed by atoms with Crippen LogP contribution in [0.25, 0.3) is 10.7 Å². The second-order valence-corrected chi connectivity index (χ2v) is 10.1. The quantitative estimate of drug-likeness (QED) is 0.599. The molecule has 2 aromatic heterocycles. The molecule has 2 amide bonds. The summed E-state index contributed by atoms with van der Waals surface area (Å²) in [7, 11) is 0. The number of hydrogen-bond donors (Lipinski definition) is 1. The number of nitrogens with one attached hydrogen (secondary N) is 1. The molecule has 3 heterocycles. The van der Waals surface area contributed by atoms with Crippen molar-refractivity contribution < 1.29 is 14.1 Å². The highest BCUT2D eigenvalue weighted by atomic mass is 32.1. The summed E-state index contributed by atoms with van der Waals surface area (Å²) >= 11 is 1.57. The van der Waals surface area contributed by atoms with Crippen molar-refractivity contribution in [3.05, 3.63) is 58.8 Å². The molecule has 0 atom stereocenters. The minimum atomic E-state index is -0.236. The fourth-order valence-corrected chi connectivity index (χ4v) is 4.31. The van der Waals surface area contributed by atoms with E-state index in [1.54, 1.807) is 28.4 Å². The minimum absolute atomic E-state index is 0.00626. The Morgan fingerprint density at radius 1 is 1.09 bits per heavy atom. The predicted molar refractivity (Wildman–Crippen MR) is 127 cm³/mol. The first-order valence-electron chi connectivity index (χ1n) is 11.0. The molecule has 0 radical (unpaired) electrons. The van der Waals surface area contributed by atoms with Crippen molar-refractivity contribution >= 4 is 23.2 Å². The lowest BCUT2D eigenvalue weighted by atomic mass is 9.87. The number of aromatic nitrogens is 2. The number of thiophene rings is 1. The lowest BCUT2D eigenvalue weighted by Gasteiger charge is -2.34. The van der Waals surface area contributed by atoms with E-state index in [1.165, 1.54) is 0 Å². The molecular formula is C24H29N5O3S. The van der Waals surface area contributed by atoms with Gasteiger partial charge in [0.2, 0.25) is 17.6 Å². The summed E-state index contributed by atoms with van der Waals surface area (Å²) in [5, 5.41) is 8.77. The Morgan fingerprint density at radius 2 is 1.82 bits per heavy atom. The molecule has 0 aliphatic carbocycles. The first-order valence-corrected chi connectivity index (χ1v) is 11.9. The molecule has 0 unspecified atom stereocenters. The van der Waals surface area contributed by atoms with Gasteiger partial charge in [-0.05, 0) is 34.6 Å². The van der Waals surface area contributed by atoms with Gasteiger partial charge in [-0.2, -0.15) is 4.98 Å². The summed E-state index contributed by atoms with van der Waals surface area (Å²) in [6, 6.07) is 11.5. The number of benzene rings is 1. The van der Waals surface area contributed by atoms with Crippen molar-refractivity contribution in [3.63, 3.8) is 0 Å². The van der Waals surface area contributed by atoms with E-state index in [0.717, 1.165) is 10.4 Å². The maximum absolute atomic E-state index is 12.6. The number of rotatable bonds is 6. The third-order valence-electron chi connectivity index (χ3n) is 5.71. The molecule has 1 fully saturated rings. The first-order chi connectivity index (χ1) is 15.8. The van der Waals surface area contributed by atoms with E-state index in [1.807, 2.05) is 29.6 Å². The zero-order valence-electron chi connectivity index (χ0n) is 19.2. The molecule has 0 bridgehead atoms. The topological polar surface area (TPSA) is 91.6 Å². The Hall–Kier alpha value is -3.04. The van der Waals surface area contributed by atoms with Gasteiger partial charge in [-0.15, -0.1) is 11.3 Å². The van der Waals surface area contributed by atoms with E-state index < -0.39 is 0 Å². The van der Waals surface area contributed by atoms with E-state index >= 15 is 0 Å². The average molecular weight is 468 g/mol. The van der Waals surface area contributed by atoms with Crippen LogP contribution in [0.4, 0.5) is 0 Å². The smallest absolute Gasteiger partial charge is 0.251 e. The van der Waals surface area contributed by atoms with Crippen molar-refractivity contribution in [1.29, 1.82) is 0 Å². The average Bonchev–Trinajstić information content (AvgIpc) is 3.49. The van der Waals surface area contributed by atoms with Gasteiger partial charge in [-0.1, -0.05) is 44.1 Å². The zero-order chi connectivity index (χ0) is 23.4. The molecular weight excluding hydrogens is 438 g/mol. The molecule has 4 rings (SSSR count). The number of amides is 2. The molecule has 8 nitrogen and oxygen atoms in total. The van der Waals surface area contributed by atoms with Crippen LogP contribution >= 0.6 is 11.3 Å². The summed E-state index contributed by atoms with van der Waals surface area (Å²) in [6.45, 7) is 9.56. The first kappa shape index (κ1) is 23.1. The summed E-state index contributed by atoms with van der Waals surface area (Å²) in [4.78, 5) is 34.4. The monoisotopic (exact) mass is 467 g/mol. The summed E-state index contributed by atoms with van der Waals surface area (Å²) in [5.41, 5.74) is 1.75. The lowest BCUT2D eigenvalue weighted by molar-refractivity contribution is -0.131. The fraction of sp³-hybridized carbons (Fsp3) is 0.417. The summed E-state index contributed by atoms with van der Waals surface area (Å²) < 4.78 is 5.37. The molecule has 1 saturated heterocycles. The van der Waals surface area contributed by atoms with Gasteiger partial charge in [0, 0.05) is 31.7 Å². The minimum Gasteiger partial charge on any atom is -0.343 e. The van der Waals surface area contributed by atoms with Crippen LogP contribution in [0, 0.1) is 0 Å². The van der Waals surface area contributed by atoms with Gasteiger partial charge >= 0.3 is 0 Å². The van der Waals surface area contributed by atoms with Crippen molar-refractivity contribution in [2.75, 3.05) is 32.7 Å². The van der Waals surface area contributed by atoms with E-state index in [9.17, 15) is 9.59 Å². The van der Waals surface area contributed by atoms with Gasteiger partial charge in [-0.3, -0.25) is 14.5 Å². The molecule has 174 valence electrons. The second-order valence-electron chi connectivity index (χ2n) is 9.16. The maximum Gasteiger partial charge on any atom is 0.251 e. The van der Waals surface area contributed by atoms with Crippen molar-refractivity contribution in [1.82, 2.24) is 25.3 Å². The molecule has 1 aliphatic rings. The maximum atomic E-state index is 12.6. The fourth-order valence-electron chi connectivity index (χ4n) is 3.66. The Bertz CT molecular complexity index is 1080. The Balaban J connectivity index is 1.21. The summed E-state index contributed by atoms with van der Waals surface area (Å²) in [5.74, 6) is 0.869. The number of nitrogens with zero attached hydrogens (tertiary/aromatic N) is 4. The molecule has 9 heteroatoms. The number of carbonyl (C=O) groups is 2. The van der Waals surface area contributed by atoms with E-state index in [0.29, 0.717) is 50.0 Å². The van der Waals surface area contributed by atoms with Crippen LogP contribution in [-0.2, 0) is 16.8 Å². The standard InChI is InChI=1S/C24H29N5O3S/c1-24(2,3)18-8-6-17(7-9-18)23(31)25-15-21(30)29-12-10-28(11-13-29)16-20-26-22(27-32-20)19-5-4-14-33-19/h4-9,14H,10-13,15-16H2,1-3H3,(H,25,31). The van der Waals surface area contributed by atoms with E-state index in [-0.39, 0.29) is 23.8 Å². The largest absolute Gasteiger partial charge is 0.343 e. The lowest BCUT2D eigenvalue weighted by Crippen LogP contribution is -2.50. The van der Waals surface area contributed by atoms with Gasteiger partial charge in [0.25, 0.3) is 5.91 Å². The third kappa shape index (κ3) is 5.85. The molecule has 1 N–H and O–H groups in total. The van der Waals surface area contributed by atoms with Crippen LogP contribution in [0.1, 0.15) is 42.6 Å². The molecule has 0 saturated carbocycles. The zero-order valence-corrected chi connectivity index (χ0v) is 20.0. The highest BCUT2D eigenvalue weighted by Crippen LogP contribution is 2.23. The number of carbonyl (C=O) groups excluding carboxylic acids is 2. The Labute approximate surface area is 197 Å². The van der Waals surface area contributed by atoms with E-state index in [4.69, 9.17) is 4.52 Å². The van der Waals surface area contributed by atoms with Gasteiger partial charge in [0.15, 0.2) is 0 Å². The van der Waals surface area contributed by atoms with Crippen molar-refractivity contribution in [2.45, 2.75) is 32.7 Å². The van der Waals surface area contributed by atoms with E-state index in [2.05, 4.69) is 41.1 Å². The van der Waals surface area contributed by atoms with Crippen LogP contribution in [0.3, 0.4) is 0 Å². The Morgan fingerprint density at radius 3 is 2.45 bits per heavy atom. The van der Waals surface area contributed by atoms with Crippen LogP contribution < -0.4 is 5.32 Å². The van der Waals surface area contributed by atoms with Crippen LogP contribution in [0.5, 0.6) is 0 Å². The molecule has 0 spiro atoms. The van der Waals surface area contributed by atoms with Gasteiger partial charge in [-0.25, -0.2) is 0 Å².